The van der Waals surface area contributed by atoms with Gasteiger partial charge in [0, 0.05) is 17.8 Å². The Morgan fingerprint density at radius 3 is 2.17 bits per heavy atom. The van der Waals surface area contributed by atoms with E-state index in [1.165, 1.54) is 22.4 Å². The molecule has 2 heterocycles. The van der Waals surface area contributed by atoms with E-state index < -0.39 is 0 Å². The van der Waals surface area contributed by atoms with Crippen LogP contribution >= 0.6 is 0 Å². The molecule has 3 heteroatoms. The summed E-state index contributed by atoms with van der Waals surface area (Å²) in [5.41, 5.74) is 7.14. The van der Waals surface area contributed by atoms with E-state index in [4.69, 9.17) is 4.98 Å². The molecule has 3 nitrogen and oxygen atoms in total. The molecule has 1 atom stereocenters. The molecule has 0 aliphatic carbocycles. The number of aromatic nitrogens is 2. The van der Waals surface area contributed by atoms with Gasteiger partial charge in [-0.15, -0.1) is 0 Å². The van der Waals surface area contributed by atoms with Crippen LogP contribution in [-0.4, -0.2) is 9.55 Å². The lowest BCUT2D eigenvalue weighted by atomic mass is 10.0. The first kappa shape index (κ1) is 17.0. The van der Waals surface area contributed by atoms with Crippen molar-refractivity contribution in [3.63, 3.8) is 0 Å². The summed E-state index contributed by atoms with van der Waals surface area (Å²) in [5.74, 6) is 1.03. The van der Waals surface area contributed by atoms with Crippen LogP contribution < -0.4 is 4.90 Å². The van der Waals surface area contributed by atoms with Gasteiger partial charge in [0.15, 0.2) is 0 Å². The van der Waals surface area contributed by atoms with Crippen molar-refractivity contribution in [2.75, 3.05) is 4.90 Å². The topological polar surface area (TPSA) is 21.1 Å². The maximum Gasteiger partial charge on any atom is 0.145 e. The predicted molar refractivity (Wildman–Crippen MR) is 122 cm³/mol. The van der Waals surface area contributed by atoms with E-state index in [0.29, 0.717) is 0 Å². The van der Waals surface area contributed by atoms with Crippen LogP contribution in [0.15, 0.2) is 109 Å². The average molecular weight is 387 g/mol. The molecule has 0 unspecified atom stereocenters. The summed E-state index contributed by atoms with van der Waals surface area (Å²) in [6.45, 7) is 0.823. The second-order valence-electron chi connectivity index (χ2n) is 7.71. The summed E-state index contributed by atoms with van der Waals surface area (Å²) < 4.78 is 2.40. The molecule has 0 radical (unpaired) electrons. The highest BCUT2D eigenvalue weighted by atomic mass is 15.3. The fourth-order valence-electron chi connectivity index (χ4n) is 4.57. The van der Waals surface area contributed by atoms with Crippen LogP contribution in [0.1, 0.15) is 17.3 Å². The Bertz CT molecular complexity index is 1320. The summed E-state index contributed by atoms with van der Waals surface area (Å²) in [5, 5.41) is 0. The van der Waals surface area contributed by atoms with Gasteiger partial charge < -0.3 is 4.90 Å². The first-order valence-corrected chi connectivity index (χ1v) is 10.3. The minimum atomic E-state index is 0.0312. The summed E-state index contributed by atoms with van der Waals surface area (Å²) in [6, 6.07) is 38.5. The van der Waals surface area contributed by atoms with Gasteiger partial charge in [-0.3, -0.25) is 4.57 Å². The predicted octanol–water partition coefficient (Wildman–Crippen LogP) is 6.27. The third kappa shape index (κ3) is 2.63. The number of imidazole rings is 1. The van der Waals surface area contributed by atoms with Gasteiger partial charge in [0.25, 0.3) is 0 Å². The largest absolute Gasteiger partial charge is 0.342 e. The Morgan fingerprint density at radius 2 is 1.33 bits per heavy atom. The maximum absolute atomic E-state index is 5.05. The summed E-state index contributed by atoms with van der Waals surface area (Å²) >= 11 is 0. The van der Waals surface area contributed by atoms with Gasteiger partial charge in [0.05, 0.1) is 11.0 Å². The van der Waals surface area contributed by atoms with E-state index in [2.05, 4.69) is 119 Å². The van der Waals surface area contributed by atoms with Crippen LogP contribution in [0.3, 0.4) is 0 Å². The fraction of sp³-hybridized carbons (Fsp3) is 0.0741. The van der Waals surface area contributed by atoms with Crippen LogP contribution in [0.2, 0.25) is 0 Å². The molecular formula is C27H21N3. The maximum atomic E-state index is 5.05. The van der Waals surface area contributed by atoms with E-state index in [1.807, 2.05) is 0 Å². The molecule has 30 heavy (non-hydrogen) atoms. The second-order valence-corrected chi connectivity index (χ2v) is 7.71. The van der Waals surface area contributed by atoms with Gasteiger partial charge in [-0.25, -0.2) is 4.98 Å². The number of rotatable bonds is 3. The molecule has 1 aliphatic heterocycles. The van der Waals surface area contributed by atoms with Gasteiger partial charge >= 0.3 is 0 Å². The van der Waals surface area contributed by atoms with Crippen LogP contribution in [0.25, 0.3) is 22.4 Å². The average Bonchev–Trinajstić information content (AvgIpc) is 3.20. The normalized spacial score (nSPS) is 15.1. The van der Waals surface area contributed by atoms with Gasteiger partial charge in [0.1, 0.15) is 12.0 Å². The van der Waals surface area contributed by atoms with Crippen molar-refractivity contribution in [3.05, 3.63) is 120 Å². The number of para-hydroxylation sites is 3. The van der Waals surface area contributed by atoms with Crippen LogP contribution in [0.4, 0.5) is 5.69 Å². The molecule has 4 aromatic carbocycles. The minimum Gasteiger partial charge on any atom is -0.342 e. The highest BCUT2D eigenvalue weighted by Crippen LogP contribution is 2.45. The van der Waals surface area contributed by atoms with Crippen LogP contribution in [0, 0.1) is 0 Å². The number of hydrogen-bond donors (Lipinski definition) is 0. The van der Waals surface area contributed by atoms with E-state index in [1.54, 1.807) is 0 Å². The van der Waals surface area contributed by atoms with Gasteiger partial charge in [0.2, 0.25) is 0 Å². The lowest BCUT2D eigenvalue weighted by Crippen LogP contribution is -2.36. The Balaban J connectivity index is 1.65. The molecule has 6 rings (SSSR count). The Morgan fingerprint density at radius 1 is 0.667 bits per heavy atom. The van der Waals surface area contributed by atoms with Crippen molar-refractivity contribution in [2.24, 2.45) is 0 Å². The molecule has 0 N–H and O–H groups in total. The van der Waals surface area contributed by atoms with Gasteiger partial charge in [-0.1, -0.05) is 84.9 Å². The number of hydrogen-bond acceptors (Lipinski definition) is 2. The summed E-state index contributed by atoms with van der Waals surface area (Å²) in [4.78, 5) is 7.55. The number of benzene rings is 4. The second kappa shape index (κ2) is 6.89. The first-order valence-electron chi connectivity index (χ1n) is 10.3. The Kier molecular flexibility index (Phi) is 3.91. The fourth-order valence-corrected chi connectivity index (χ4v) is 4.57. The molecule has 0 amide bonds. The van der Waals surface area contributed by atoms with Crippen molar-refractivity contribution in [2.45, 2.75) is 12.7 Å². The lowest BCUT2D eigenvalue weighted by Gasteiger charge is -2.40. The Labute approximate surface area is 175 Å². The minimum absolute atomic E-state index is 0.0312. The molecule has 1 aliphatic rings. The lowest BCUT2D eigenvalue weighted by molar-refractivity contribution is 0.543. The molecule has 144 valence electrons. The van der Waals surface area contributed by atoms with Crippen molar-refractivity contribution >= 4 is 16.7 Å². The highest BCUT2D eigenvalue weighted by Gasteiger charge is 2.34. The van der Waals surface area contributed by atoms with Crippen LogP contribution in [-0.2, 0) is 6.54 Å². The zero-order valence-electron chi connectivity index (χ0n) is 16.5. The summed E-state index contributed by atoms with van der Waals surface area (Å²) in [7, 11) is 0. The SMILES string of the molecule is c1ccc(CN2c3ccccc3-c3nc4ccccc4n3[C@@H]2c2ccccc2)cc1. The Hall–Kier alpha value is -3.85. The number of anilines is 1. The van der Waals surface area contributed by atoms with E-state index in [0.717, 1.165) is 23.4 Å². The molecule has 1 aromatic heterocycles. The van der Waals surface area contributed by atoms with Crippen LogP contribution in [0.5, 0.6) is 0 Å². The van der Waals surface area contributed by atoms with Crippen molar-refractivity contribution < 1.29 is 0 Å². The monoisotopic (exact) mass is 387 g/mol. The highest BCUT2D eigenvalue weighted by molar-refractivity contribution is 5.87. The summed E-state index contributed by atoms with van der Waals surface area (Å²) in [6.07, 6.45) is 0.0312. The van der Waals surface area contributed by atoms with Crippen molar-refractivity contribution in [3.8, 4) is 11.4 Å². The zero-order chi connectivity index (χ0) is 19.9. The van der Waals surface area contributed by atoms with Gasteiger partial charge in [-0.2, -0.15) is 0 Å². The molecule has 0 saturated carbocycles. The van der Waals surface area contributed by atoms with E-state index >= 15 is 0 Å². The van der Waals surface area contributed by atoms with E-state index in [-0.39, 0.29) is 6.17 Å². The van der Waals surface area contributed by atoms with Gasteiger partial charge in [-0.05, 0) is 35.4 Å². The van der Waals surface area contributed by atoms with E-state index in [9.17, 15) is 0 Å². The number of nitrogens with zero attached hydrogens (tertiary/aromatic N) is 3. The molecule has 0 bridgehead atoms. The third-order valence-corrected chi connectivity index (χ3v) is 5.88. The molecule has 5 aromatic rings. The molecular weight excluding hydrogens is 366 g/mol. The molecule has 0 fully saturated rings. The first-order chi connectivity index (χ1) is 14.9. The number of fused-ring (bicyclic) bond motifs is 5. The van der Waals surface area contributed by atoms with Crippen molar-refractivity contribution in [1.82, 2.24) is 9.55 Å². The molecule has 0 spiro atoms. The quantitative estimate of drug-likeness (QED) is 0.364. The standard InChI is InChI=1S/C27H21N3/c1-3-11-20(12-4-1)19-29-24-17-9-7-15-22(24)26-28-23-16-8-10-18-25(23)30(26)27(29)21-13-5-2-6-14-21/h1-18,27H,19H2/t27-/m1/s1. The zero-order valence-corrected chi connectivity index (χ0v) is 16.5. The third-order valence-electron chi connectivity index (χ3n) is 5.88. The smallest absolute Gasteiger partial charge is 0.145 e. The molecule has 0 saturated heterocycles. The van der Waals surface area contributed by atoms with Crippen molar-refractivity contribution in [1.29, 1.82) is 0 Å².